The van der Waals surface area contributed by atoms with Crippen LogP contribution in [0.15, 0.2) is 0 Å². The van der Waals surface area contributed by atoms with Gasteiger partial charge in [0.15, 0.2) is 0 Å². The zero-order valence-electron chi connectivity index (χ0n) is 13.0. The zero-order chi connectivity index (χ0) is 14.0. The first-order valence-corrected chi connectivity index (χ1v) is 8.18. The molecule has 1 amide bonds. The van der Waals surface area contributed by atoms with E-state index in [0.29, 0.717) is 17.9 Å². The van der Waals surface area contributed by atoms with Crippen molar-refractivity contribution in [1.29, 1.82) is 0 Å². The Morgan fingerprint density at radius 1 is 1.26 bits per heavy atom. The third-order valence-electron chi connectivity index (χ3n) is 4.60. The minimum absolute atomic E-state index is 0.0789. The van der Waals surface area contributed by atoms with E-state index >= 15 is 0 Å². The fourth-order valence-corrected chi connectivity index (χ4v) is 3.43. The quantitative estimate of drug-likeness (QED) is 0.768. The summed E-state index contributed by atoms with van der Waals surface area (Å²) >= 11 is 0. The highest BCUT2D eigenvalue weighted by molar-refractivity contribution is 5.85. The van der Waals surface area contributed by atoms with Crippen LogP contribution in [0.5, 0.6) is 0 Å². The van der Waals surface area contributed by atoms with Crippen molar-refractivity contribution in [2.24, 2.45) is 11.8 Å². The third-order valence-corrected chi connectivity index (χ3v) is 4.60. The van der Waals surface area contributed by atoms with Crippen LogP contribution in [0.4, 0.5) is 0 Å². The molecule has 1 aliphatic heterocycles. The molecule has 0 aromatic carbocycles. The van der Waals surface area contributed by atoms with Gasteiger partial charge in [-0.05, 0) is 31.1 Å². The number of nitrogens with zero attached hydrogens (tertiary/aromatic N) is 1. The van der Waals surface area contributed by atoms with E-state index in [0.717, 1.165) is 18.8 Å². The number of amides is 1. The van der Waals surface area contributed by atoms with Gasteiger partial charge in [0.05, 0.1) is 12.2 Å². The Hall–Kier alpha value is -0.570. The predicted octanol–water partition coefficient (Wildman–Crippen LogP) is 3.15. The molecule has 0 spiro atoms. The Kier molecular flexibility index (Phi) is 4.88. The second-order valence-electron chi connectivity index (χ2n) is 6.65. The van der Waals surface area contributed by atoms with Crippen molar-refractivity contribution >= 4 is 5.91 Å². The molecule has 1 N–H and O–H groups in total. The minimum atomic E-state index is 0.0789. The zero-order valence-corrected chi connectivity index (χ0v) is 13.0. The van der Waals surface area contributed by atoms with Crippen molar-refractivity contribution in [3.05, 3.63) is 0 Å². The van der Waals surface area contributed by atoms with Gasteiger partial charge in [-0.1, -0.05) is 47.0 Å². The minimum Gasteiger partial charge on any atom is -0.322 e. The number of carbonyl (C=O) groups is 1. The summed E-state index contributed by atoms with van der Waals surface area (Å²) < 4.78 is 0. The molecule has 2 fully saturated rings. The molecule has 2 rings (SSSR count). The first-order chi connectivity index (χ1) is 9.10. The Bertz CT molecular complexity index is 316. The van der Waals surface area contributed by atoms with Crippen molar-refractivity contribution in [1.82, 2.24) is 10.2 Å². The molecule has 0 radical (unpaired) electrons. The van der Waals surface area contributed by atoms with Crippen molar-refractivity contribution in [3.63, 3.8) is 0 Å². The van der Waals surface area contributed by atoms with E-state index in [1.54, 1.807) is 0 Å². The van der Waals surface area contributed by atoms with E-state index in [1.165, 1.54) is 25.7 Å². The average Bonchev–Trinajstić information content (AvgIpc) is 3.03. The number of nitrogens with one attached hydrogen (secondary N) is 1. The second-order valence-corrected chi connectivity index (χ2v) is 6.65. The number of hydrogen-bond donors (Lipinski definition) is 1. The summed E-state index contributed by atoms with van der Waals surface area (Å²) in [5, 5.41) is 3.59. The molecule has 4 atom stereocenters. The van der Waals surface area contributed by atoms with Crippen LogP contribution in [-0.2, 0) is 4.79 Å². The fourth-order valence-electron chi connectivity index (χ4n) is 3.43. The van der Waals surface area contributed by atoms with E-state index in [1.807, 2.05) is 0 Å². The van der Waals surface area contributed by atoms with Gasteiger partial charge < -0.3 is 4.90 Å². The molecular weight excluding hydrogens is 236 g/mol. The molecule has 2 aliphatic rings. The van der Waals surface area contributed by atoms with Crippen molar-refractivity contribution in [2.75, 3.05) is 0 Å². The number of rotatable bonds is 7. The molecule has 1 aliphatic carbocycles. The van der Waals surface area contributed by atoms with E-state index in [4.69, 9.17) is 0 Å². The van der Waals surface area contributed by atoms with Gasteiger partial charge in [-0.15, -0.1) is 0 Å². The highest BCUT2D eigenvalue weighted by Gasteiger charge is 2.51. The Morgan fingerprint density at radius 3 is 2.58 bits per heavy atom. The van der Waals surface area contributed by atoms with Crippen LogP contribution < -0.4 is 5.32 Å². The van der Waals surface area contributed by atoms with Crippen molar-refractivity contribution in [2.45, 2.75) is 84.5 Å². The summed E-state index contributed by atoms with van der Waals surface area (Å²) in [5.41, 5.74) is 0. The molecular formula is C16H30N2O. The Balaban J connectivity index is 2.00. The Morgan fingerprint density at radius 2 is 2.00 bits per heavy atom. The van der Waals surface area contributed by atoms with Gasteiger partial charge in [0.1, 0.15) is 0 Å². The SMILES string of the molecule is CCCCC1NC(C(C)C)N(C2CC2CCC)C1=O. The number of hydrogen-bond acceptors (Lipinski definition) is 2. The Labute approximate surface area is 118 Å². The van der Waals surface area contributed by atoms with Crippen molar-refractivity contribution in [3.8, 4) is 0 Å². The molecule has 0 aromatic heterocycles. The van der Waals surface area contributed by atoms with Crippen LogP contribution in [0.2, 0.25) is 0 Å². The molecule has 19 heavy (non-hydrogen) atoms. The molecule has 110 valence electrons. The first kappa shape index (κ1) is 14.8. The normalized spacial score (nSPS) is 34.4. The summed E-state index contributed by atoms with van der Waals surface area (Å²) in [6, 6.07) is 0.606. The summed E-state index contributed by atoms with van der Waals surface area (Å²) in [6.07, 6.45) is 7.32. The first-order valence-electron chi connectivity index (χ1n) is 8.18. The van der Waals surface area contributed by atoms with E-state index in [2.05, 4.69) is 37.9 Å². The topological polar surface area (TPSA) is 32.3 Å². The highest BCUT2D eigenvalue weighted by Crippen LogP contribution is 2.42. The van der Waals surface area contributed by atoms with Crippen molar-refractivity contribution < 1.29 is 4.79 Å². The van der Waals surface area contributed by atoms with Crippen LogP contribution in [0.1, 0.15) is 66.2 Å². The van der Waals surface area contributed by atoms with Gasteiger partial charge in [0, 0.05) is 6.04 Å². The lowest BCUT2D eigenvalue weighted by atomic mass is 10.1. The van der Waals surface area contributed by atoms with Gasteiger partial charge >= 0.3 is 0 Å². The van der Waals surface area contributed by atoms with E-state index in [9.17, 15) is 4.79 Å². The lowest BCUT2D eigenvalue weighted by Gasteiger charge is -2.27. The monoisotopic (exact) mass is 266 g/mol. The van der Waals surface area contributed by atoms with Crippen LogP contribution >= 0.6 is 0 Å². The fraction of sp³-hybridized carbons (Fsp3) is 0.938. The third kappa shape index (κ3) is 3.13. The maximum Gasteiger partial charge on any atom is 0.241 e. The maximum atomic E-state index is 12.6. The second kappa shape index (κ2) is 6.25. The van der Waals surface area contributed by atoms with Gasteiger partial charge in [-0.3, -0.25) is 10.1 Å². The predicted molar refractivity (Wildman–Crippen MR) is 78.7 cm³/mol. The standard InChI is InChI=1S/C16H30N2O/c1-5-7-9-13-16(19)18(15(17-13)11(3)4)14-10-12(14)8-6-2/h11-15,17H,5-10H2,1-4H3. The van der Waals surface area contributed by atoms with Gasteiger partial charge in [0.2, 0.25) is 5.91 Å². The van der Waals surface area contributed by atoms with E-state index < -0.39 is 0 Å². The van der Waals surface area contributed by atoms with Gasteiger partial charge in [0.25, 0.3) is 0 Å². The number of unbranched alkanes of at least 4 members (excludes halogenated alkanes) is 1. The molecule has 0 aromatic rings. The molecule has 1 saturated carbocycles. The van der Waals surface area contributed by atoms with Gasteiger partial charge in [-0.25, -0.2) is 0 Å². The summed E-state index contributed by atoms with van der Waals surface area (Å²) in [5.74, 6) is 1.64. The molecule has 1 saturated heterocycles. The number of carbonyl (C=O) groups excluding carboxylic acids is 1. The average molecular weight is 266 g/mol. The smallest absolute Gasteiger partial charge is 0.241 e. The van der Waals surface area contributed by atoms with Crippen LogP contribution in [0.3, 0.4) is 0 Å². The highest BCUT2D eigenvalue weighted by atomic mass is 16.2. The van der Waals surface area contributed by atoms with Gasteiger partial charge in [-0.2, -0.15) is 0 Å². The summed E-state index contributed by atoms with van der Waals surface area (Å²) in [6.45, 7) is 8.87. The van der Waals surface area contributed by atoms with Crippen LogP contribution in [-0.4, -0.2) is 29.1 Å². The van der Waals surface area contributed by atoms with Crippen LogP contribution in [0, 0.1) is 11.8 Å². The lowest BCUT2D eigenvalue weighted by molar-refractivity contribution is -0.131. The summed E-state index contributed by atoms with van der Waals surface area (Å²) in [7, 11) is 0. The summed E-state index contributed by atoms with van der Waals surface area (Å²) in [4.78, 5) is 14.8. The molecule has 3 nitrogen and oxygen atoms in total. The maximum absolute atomic E-state index is 12.6. The molecule has 3 heteroatoms. The largest absolute Gasteiger partial charge is 0.322 e. The van der Waals surface area contributed by atoms with E-state index in [-0.39, 0.29) is 12.2 Å². The lowest BCUT2D eigenvalue weighted by Crippen LogP contribution is -2.43. The van der Waals surface area contributed by atoms with Crippen LogP contribution in [0.25, 0.3) is 0 Å². The molecule has 0 bridgehead atoms. The molecule has 1 heterocycles. The molecule has 4 unspecified atom stereocenters.